The zero-order valence-electron chi connectivity index (χ0n) is 15.1. The second-order valence-electron chi connectivity index (χ2n) is 6.45. The number of carboxylic acid groups (broad SMARTS) is 1. The van der Waals surface area contributed by atoms with Crippen molar-refractivity contribution in [1.29, 1.82) is 0 Å². The molecule has 1 aliphatic rings. The molecule has 138 valence electrons. The third kappa shape index (κ3) is 5.72. The molecule has 1 fully saturated rings. The number of nitrogens with one attached hydrogen (secondary N) is 1. The van der Waals surface area contributed by atoms with Crippen LogP contribution >= 0.6 is 0 Å². The molecular formula is C18H27N3O4. The first-order chi connectivity index (χ1) is 11.9. The van der Waals surface area contributed by atoms with E-state index in [4.69, 9.17) is 9.84 Å². The Morgan fingerprint density at radius 3 is 2.88 bits per heavy atom. The smallest absolute Gasteiger partial charge is 0.322 e. The van der Waals surface area contributed by atoms with Gasteiger partial charge in [0.15, 0.2) is 0 Å². The van der Waals surface area contributed by atoms with Gasteiger partial charge >= 0.3 is 12.0 Å². The standard InChI is InChI=1S/C18H27N3O4/c1-4-14-9-15(6-5-13(14)2)19-18(24)21-7-8-25-16(11-21)10-20(3)12-17(22)23/h5-6,9,16H,4,7-8,10-12H2,1-3H3,(H,19,24)(H,22,23). The maximum Gasteiger partial charge on any atom is 0.322 e. The van der Waals surface area contributed by atoms with Gasteiger partial charge < -0.3 is 20.1 Å². The van der Waals surface area contributed by atoms with Crippen molar-refractivity contribution in [2.45, 2.75) is 26.4 Å². The van der Waals surface area contributed by atoms with Gasteiger partial charge in [0, 0.05) is 25.3 Å². The van der Waals surface area contributed by atoms with Gasteiger partial charge in [-0.1, -0.05) is 13.0 Å². The van der Waals surface area contributed by atoms with Crippen LogP contribution in [0.5, 0.6) is 0 Å². The predicted octanol–water partition coefficient (Wildman–Crippen LogP) is 1.81. The fourth-order valence-corrected chi connectivity index (χ4v) is 2.99. The number of aliphatic carboxylic acids is 1. The largest absolute Gasteiger partial charge is 0.480 e. The van der Waals surface area contributed by atoms with Gasteiger partial charge in [0.05, 0.1) is 19.3 Å². The zero-order chi connectivity index (χ0) is 18.4. The quantitative estimate of drug-likeness (QED) is 0.818. The Morgan fingerprint density at radius 2 is 2.20 bits per heavy atom. The molecule has 0 spiro atoms. The van der Waals surface area contributed by atoms with Crippen molar-refractivity contribution in [2.24, 2.45) is 0 Å². The van der Waals surface area contributed by atoms with Crippen LogP contribution in [-0.4, -0.2) is 72.8 Å². The fraction of sp³-hybridized carbons (Fsp3) is 0.556. The highest BCUT2D eigenvalue weighted by atomic mass is 16.5. The lowest BCUT2D eigenvalue weighted by molar-refractivity contribution is -0.138. The van der Waals surface area contributed by atoms with Crippen molar-refractivity contribution in [3.63, 3.8) is 0 Å². The van der Waals surface area contributed by atoms with E-state index in [2.05, 4.69) is 19.2 Å². The number of morpholine rings is 1. The maximum atomic E-state index is 12.5. The molecule has 2 amide bonds. The van der Waals surface area contributed by atoms with Gasteiger partial charge in [-0.15, -0.1) is 0 Å². The number of carboxylic acids is 1. The molecule has 0 radical (unpaired) electrons. The number of nitrogens with zero attached hydrogens (tertiary/aromatic N) is 2. The molecule has 1 heterocycles. The number of hydrogen-bond donors (Lipinski definition) is 2. The van der Waals surface area contributed by atoms with Crippen molar-refractivity contribution in [1.82, 2.24) is 9.80 Å². The third-order valence-electron chi connectivity index (χ3n) is 4.33. The van der Waals surface area contributed by atoms with Crippen molar-refractivity contribution >= 4 is 17.7 Å². The van der Waals surface area contributed by atoms with Crippen LogP contribution in [0.3, 0.4) is 0 Å². The van der Waals surface area contributed by atoms with Gasteiger partial charge in [-0.05, 0) is 43.7 Å². The average Bonchev–Trinajstić information content (AvgIpc) is 2.56. The molecule has 0 aliphatic carbocycles. The first kappa shape index (κ1) is 19.2. The number of rotatable bonds is 6. The Hall–Kier alpha value is -2.12. The van der Waals surface area contributed by atoms with E-state index in [1.165, 1.54) is 11.1 Å². The summed E-state index contributed by atoms with van der Waals surface area (Å²) in [5, 5.41) is 11.8. The predicted molar refractivity (Wildman–Crippen MR) is 96.0 cm³/mol. The van der Waals surface area contributed by atoms with E-state index in [1.54, 1.807) is 16.8 Å². The number of amides is 2. The summed E-state index contributed by atoms with van der Waals surface area (Å²) in [6.45, 7) is 6.00. The fourth-order valence-electron chi connectivity index (χ4n) is 2.99. The summed E-state index contributed by atoms with van der Waals surface area (Å²) < 4.78 is 5.66. The van der Waals surface area contributed by atoms with Gasteiger partial charge in [0.2, 0.25) is 0 Å². The van der Waals surface area contributed by atoms with E-state index in [0.29, 0.717) is 26.2 Å². The molecule has 25 heavy (non-hydrogen) atoms. The summed E-state index contributed by atoms with van der Waals surface area (Å²) in [4.78, 5) is 26.7. The third-order valence-corrected chi connectivity index (χ3v) is 4.33. The van der Waals surface area contributed by atoms with Crippen molar-refractivity contribution in [2.75, 3.05) is 45.2 Å². The molecule has 7 heteroatoms. The monoisotopic (exact) mass is 349 g/mol. The van der Waals surface area contributed by atoms with Gasteiger partial charge in [0.1, 0.15) is 0 Å². The Kier molecular flexibility index (Phi) is 6.78. The van der Waals surface area contributed by atoms with E-state index < -0.39 is 5.97 Å². The maximum absolute atomic E-state index is 12.5. The molecule has 1 aliphatic heterocycles. The van der Waals surface area contributed by atoms with E-state index in [9.17, 15) is 9.59 Å². The molecule has 2 N–H and O–H groups in total. The molecule has 0 aromatic heterocycles. The number of ether oxygens (including phenoxy) is 1. The average molecular weight is 349 g/mol. The molecule has 1 aromatic rings. The Labute approximate surface area is 148 Å². The summed E-state index contributed by atoms with van der Waals surface area (Å²) in [5.41, 5.74) is 3.22. The Balaban J connectivity index is 1.91. The molecular weight excluding hydrogens is 322 g/mol. The zero-order valence-corrected chi connectivity index (χ0v) is 15.1. The molecule has 1 saturated heterocycles. The minimum atomic E-state index is -0.876. The van der Waals surface area contributed by atoms with Crippen LogP contribution in [0.1, 0.15) is 18.1 Å². The molecule has 0 saturated carbocycles. The lowest BCUT2D eigenvalue weighted by Gasteiger charge is -2.34. The Morgan fingerprint density at radius 1 is 1.44 bits per heavy atom. The number of likely N-dealkylation sites (N-methyl/N-ethyl adjacent to an activating group) is 1. The molecule has 2 rings (SSSR count). The lowest BCUT2D eigenvalue weighted by atomic mass is 10.1. The molecule has 1 aromatic carbocycles. The number of hydrogen-bond acceptors (Lipinski definition) is 4. The second kappa shape index (κ2) is 8.82. The highest BCUT2D eigenvalue weighted by molar-refractivity contribution is 5.89. The molecule has 1 atom stereocenters. The molecule has 7 nitrogen and oxygen atoms in total. The van der Waals surface area contributed by atoms with Crippen LogP contribution < -0.4 is 5.32 Å². The van der Waals surface area contributed by atoms with Gasteiger partial charge in [0.25, 0.3) is 0 Å². The normalized spacial score (nSPS) is 17.6. The van der Waals surface area contributed by atoms with E-state index in [1.807, 2.05) is 18.2 Å². The summed E-state index contributed by atoms with van der Waals surface area (Å²) in [5.74, 6) is -0.876. The number of benzene rings is 1. The summed E-state index contributed by atoms with van der Waals surface area (Å²) in [6.07, 6.45) is 0.735. The van der Waals surface area contributed by atoms with Crippen LogP contribution in [0.2, 0.25) is 0 Å². The second-order valence-corrected chi connectivity index (χ2v) is 6.45. The first-order valence-corrected chi connectivity index (χ1v) is 8.56. The Bertz CT molecular complexity index is 620. The van der Waals surface area contributed by atoms with Gasteiger partial charge in [-0.3, -0.25) is 9.69 Å². The molecule has 0 bridgehead atoms. The van der Waals surface area contributed by atoms with Crippen LogP contribution in [0, 0.1) is 6.92 Å². The van der Waals surface area contributed by atoms with E-state index >= 15 is 0 Å². The number of anilines is 1. The summed E-state index contributed by atoms with van der Waals surface area (Å²) in [6, 6.07) is 5.77. The van der Waals surface area contributed by atoms with Crippen LogP contribution in [0.15, 0.2) is 18.2 Å². The van der Waals surface area contributed by atoms with Crippen molar-refractivity contribution in [3.8, 4) is 0 Å². The number of urea groups is 1. The van der Waals surface area contributed by atoms with E-state index in [0.717, 1.165) is 12.1 Å². The van der Waals surface area contributed by atoms with Crippen LogP contribution in [0.25, 0.3) is 0 Å². The molecule has 1 unspecified atom stereocenters. The van der Waals surface area contributed by atoms with E-state index in [-0.39, 0.29) is 18.7 Å². The highest BCUT2D eigenvalue weighted by Gasteiger charge is 2.25. The number of carbonyl (C=O) groups is 2. The topological polar surface area (TPSA) is 82.1 Å². The van der Waals surface area contributed by atoms with Crippen molar-refractivity contribution in [3.05, 3.63) is 29.3 Å². The first-order valence-electron chi connectivity index (χ1n) is 8.56. The van der Waals surface area contributed by atoms with Crippen molar-refractivity contribution < 1.29 is 19.4 Å². The SMILES string of the molecule is CCc1cc(NC(=O)N2CCOC(CN(C)CC(=O)O)C2)ccc1C. The number of aryl methyl sites for hydroxylation is 2. The lowest BCUT2D eigenvalue weighted by Crippen LogP contribution is -2.50. The van der Waals surface area contributed by atoms with Gasteiger partial charge in [-0.2, -0.15) is 0 Å². The van der Waals surface area contributed by atoms with Crippen LogP contribution in [-0.2, 0) is 16.0 Å². The highest BCUT2D eigenvalue weighted by Crippen LogP contribution is 2.17. The minimum absolute atomic E-state index is 0.0464. The minimum Gasteiger partial charge on any atom is -0.480 e. The van der Waals surface area contributed by atoms with Gasteiger partial charge in [-0.25, -0.2) is 4.79 Å². The van der Waals surface area contributed by atoms with Crippen LogP contribution in [0.4, 0.5) is 10.5 Å². The summed E-state index contributed by atoms with van der Waals surface area (Å²) >= 11 is 0. The number of carbonyl (C=O) groups excluding carboxylic acids is 1. The summed E-state index contributed by atoms with van der Waals surface area (Å²) in [7, 11) is 1.73.